The molecule has 98 valence electrons. The Morgan fingerprint density at radius 1 is 1.17 bits per heavy atom. The Kier molecular flexibility index (Phi) is 6.36. The quantitative estimate of drug-likeness (QED) is 0.690. The summed E-state index contributed by atoms with van der Waals surface area (Å²) in [5, 5.41) is 0. The monoisotopic (exact) mass is 244 g/mol. The number of methoxy groups -OCH3 is 1. The van der Waals surface area contributed by atoms with Gasteiger partial charge in [-0.05, 0) is 36.0 Å². The minimum absolute atomic E-state index is 0.492. The van der Waals surface area contributed by atoms with Gasteiger partial charge in [-0.25, -0.2) is 0 Å². The molecule has 0 bridgehead atoms. The van der Waals surface area contributed by atoms with Gasteiger partial charge in [-0.15, -0.1) is 11.8 Å². The predicted molar refractivity (Wildman–Crippen MR) is 78.1 cm³/mol. The number of aryl methyl sites for hydroxylation is 1. The van der Waals surface area contributed by atoms with Crippen molar-refractivity contribution in [2.24, 2.45) is 0 Å². The molecule has 0 amide bonds. The van der Waals surface area contributed by atoms with Gasteiger partial charge in [-0.1, -0.05) is 32.9 Å². The highest BCUT2D eigenvalue weighted by Crippen LogP contribution is 2.27. The van der Waals surface area contributed by atoms with Gasteiger partial charge in [-0.2, -0.15) is 0 Å². The van der Waals surface area contributed by atoms with Gasteiger partial charge >= 0.3 is 0 Å². The zero-order valence-electron chi connectivity index (χ0n) is 12.0. The standard InChI is InChI=1S/C17H24O/c1-5-6-7-8-9-10-15-11-12-17(18-4)16(13-15)14(2)3/h11-14H,5-6,9-10H2,1-4H3. The fourth-order valence-electron chi connectivity index (χ4n) is 1.90. The molecule has 18 heavy (non-hydrogen) atoms. The predicted octanol–water partition coefficient (Wildman–Crippen LogP) is 4.55. The summed E-state index contributed by atoms with van der Waals surface area (Å²) in [6.07, 6.45) is 4.14. The number of hydrogen-bond donors (Lipinski definition) is 0. The molecular weight excluding hydrogens is 220 g/mol. The van der Waals surface area contributed by atoms with E-state index in [0.29, 0.717) is 5.92 Å². The topological polar surface area (TPSA) is 9.23 Å². The molecule has 0 unspecified atom stereocenters. The maximum absolute atomic E-state index is 5.39. The second-order valence-corrected chi connectivity index (χ2v) is 4.83. The number of ether oxygens (including phenoxy) is 1. The van der Waals surface area contributed by atoms with E-state index in [1.54, 1.807) is 7.11 Å². The average Bonchev–Trinajstić information content (AvgIpc) is 2.38. The average molecular weight is 244 g/mol. The Morgan fingerprint density at radius 3 is 2.50 bits per heavy atom. The molecule has 1 nitrogen and oxygen atoms in total. The third-order valence-corrected chi connectivity index (χ3v) is 2.95. The highest BCUT2D eigenvalue weighted by Gasteiger charge is 2.07. The lowest BCUT2D eigenvalue weighted by Crippen LogP contribution is -1.96. The Labute approximate surface area is 112 Å². The molecule has 0 aliphatic rings. The summed E-state index contributed by atoms with van der Waals surface area (Å²) in [6.45, 7) is 6.55. The minimum Gasteiger partial charge on any atom is -0.496 e. The summed E-state index contributed by atoms with van der Waals surface area (Å²) in [5.74, 6) is 7.90. The highest BCUT2D eigenvalue weighted by molar-refractivity contribution is 5.39. The fraction of sp³-hybridized carbons (Fsp3) is 0.529. The van der Waals surface area contributed by atoms with Crippen molar-refractivity contribution < 1.29 is 4.74 Å². The molecule has 0 N–H and O–H groups in total. The summed E-state index contributed by atoms with van der Waals surface area (Å²) in [4.78, 5) is 0. The summed E-state index contributed by atoms with van der Waals surface area (Å²) >= 11 is 0. The van der Waals surface area contributed by atoms with E-state index in [0.717, 1.165) is 31.4 Å². The molecule has 1 aromatic carbocycles. The fourth-order valence-corrected chi connectivity index (χ4v) is 1.90. The second kappa shape index (κ2) is 7.82. The first-order chi connectivity index (χ1) is 8.69. The minimum atomic E-state index is 0.492. The molecule has 0 spiro atoms. The lowest BCUT2D eigenvalue weighted by atomic mass is 9.98. The van der Waals surface area contributed by atoms with Crippen molar-refractivity contribution in [1.29, 1.82) is 0 Å². The van der Waals surface area contributed by atoms with Gasteiger partial charge in [0.1, 0.15) is 5.75 Å². The van der Waals surface area contributed by atoms with E-state index < -0.39 is 0 Å². The number of unbranched alkanes of at least 4 members (excludes halogenated alkanes) is 1. The smallest absolute Gasteiger partial charge is 0.122 e. The molecule has 0 fully saturated rings. The van der Waals surface area contributed by atoms with E-state index in [2.05, 4.69) is 50.8 Å². The van der Waals surface area contributed by atoms with Crippen LogP contribution in [-0.4, -0.2) is 7.11 Å². The maximum atomic E-state index is 5.39. The molecule has 0 saturated heterocycles. The van der Waals surface area contributed by atoms with Gasteiger partial charge in [-0.3, -0.25) is 0 Å². The van der Waals surface area contributed by atoms with Crippen molar-refractivity contribution >= 4 is 0 Å². The van der Waals surface area contributed by atoms with Crippen LogP contribution in [0, 0.1) is 11.8 Å². The first-order valence-corrected chi connectivity index (χ1v) is 6.81. The molecule has 0 saturated carbocycles. The van der Waals surface area contributed by atoms with Crippen LogP contribution in [0.15, 0.2) is 18.2 Å². The summed E-state index contributed by atoms with van der Waals surface area (Å²) < 4.78 is 5.39. The molecule has 1 rings (SSSR count). The Bertz CT molecular complexity index is 421. The van der Waals surface area contributed by atoms with Crippen LogP contribution in [-0.2, 0) is 6.42 Å². The maximum Gasteiger partial charge on any atom is 0.122 e. The van der Waals surface area contributed by atoms with Crippen molar-refractivity contribution in [2.45, 2.75) is 52.4 Å². The number of rotatable bonds is 5. The third-order valence-electron chi connectivity index (χ3n) is 2.95. The van der Waals surface area contributed by atoms with Gasteiger partial charge in [0.15, 0.2) is 0 Å². The van der Waals surface area contributed by atoms with E-state index in [9.17, 15) is 0 Å². The summed E-state index contributed by atoms with van der Waals surface area (Å²) in [6, 6.07) is 6.47. The van der Waals surface area contributed by atoms with Crippen LogP contribution in [0.25, 0.3) is 0 Å². The van der Waals surface area contributed by atoms with Crippen LogP contribution in [0.5, 0.6) is 5.75 Å². The number of hydrogen-bond acceptors (Lipinski definition) is 1. The van der Waals surface area contributed by atoms with Gasteiger partial charge < -0.3 is 4.74 Å². The van der Waals surface area contributed by atoms with E-state index in [4.69, 9.17) is 4.74 Å². The van der Waals surface area contributed by atoms with Crippen molar-refractivity contribution in [1.82, 2.24) is 0 Å². The summed E-state index contributed by atoms with van der Waals surface area (Å²) in [5.41, 5.74) is 2.64. The Hall–Kier alpha value is -1.42. The van der Waals surface area contributed by atoms with Gasteiger partial charge in [0.05, 0.1) is 7.11 Å². The molecule has 0 radical (unpaired) electrons. The highest BCUT2D eigenvalue weighted by atomic mass is 16.5. The Balaban J connectivity index is 2.68. The second-order valence-electron chi connectivity index (χ2n) is 4.83. The molecule has 0 aliphatic carbocycles. The first-order valence-electron chi connectivity index (χ1n) is 6.81. The van der Waals surface area contributed by atoms with Crippen molar-refractivity contribution in [3.05, 3.63) is 29.3 Å². The van der Waals surface area contributed by atoms with Crippen LogP contribution < -0.4 is 4.74 Å². The van der Waals surface area contributed by atoms with E-state index in [1.807, 2.05) is 0 Å². The largest absolute Gasteiger partial charge is 0.496 e. The normalized spacial score (nSPS) is 10.1. The third kappa shape index (κ3) is 4.45. The van der Waals surface area contributed by atoms with Gasteiger partial charge in [0, 0.05) is 12.8 Å². The summed E-state index contributed by atoms with van der Waals surface area (Å²) in [7, 11) is 1.73. The van der Waals surface area contributed by atoms with Crippen molar-refractivity contribution in [2.75, 3.05) is 7.11 Å². The van der Waals surface area contributed by atoms with Crippen LogP contribution in [0.2, 0.25) is 0 Å². The van der Waals surface area contributed by atoms with Crippen molar-refractivity contribution in [3.63, 3.8) is 0 Å². The Morgan fingerprint density at radius 2 is 1.89 bits per heavy atom. The van der Waals surface area contributed by atoms with E-state index in [1.165, 1.54) is 11.1 Å². The zero-order chi connectivity index (χ0) is 13.4. The van der Waals surface area contributed by atoms with Gasteiger partial charge in [0.25, 0.3) is 0 Å². The van der Waals surface area contributed by atoms with E-state index >= 15 is 0 Å². The lowest BCUT2D eigenvalue weighted by molar-refractivity contribution is 0.407. The SMILES string of the molecule is CCCC#CCCc1ccc(OC)c(C(C)C)c1. The molecule has 0 aromatic heterocycles. The van der Waals surface area contributed by atoms with Crippen molar-refractivity contribution in [3.8, 4) is 17.6 Å². The van der Waals surface area contributed by atoms with Crippen LogP contribution >= 0.6 is 0 Å². The van der Waals surface area contributed by atoms with Crippen LogP contribution in [0.4, 0.5) is 0 Å². The molecule has 0 atom stereocenters. The lowest BCUT2D eigenvalue weighted by Gasteiger charge is -2.13. The zero-order valence-corrected chi connectivity index (χ0v) is 12.0. The molecular formula is C17H24O. The van der Waals surface area contributed by atoms with Gasteiger partial charge in [0.2, 0.25) is 0 Å². The molecule has 0 heterocycles. The molecule has 1 aromatic rings. The van der Waals surface area contributed by atoms with Crippen LogP contribution in [0.3, 0.4) is 0 Å². The molecule has 1 heteroatoms. The first kappa shape index (κ1) is 14.6. The number of benzene rings is 1. The molecule has 0 aliphatic heterocycles. The van der Waals surface area contributed by atoms with Crippen LogP contribution in [0.1, 0.15) is 57.1 Å². The van der Waals surface area contributed by atoms with E-state index in [-0.39, 0.29) is 0 Å².